The molecule has 0 aliphatic carbocycles. The first-order valence-corrected chi connectivity index (χ1v) is 9.53. The molecule has 2 aliphatic rings. The molecule has 2 N–H and O–H groups in total. The van der Waals surface area contributed by atoms with Crippen LogP contribution in [0, 0.1) is 5.92 Å². The van der Waals surface area contributed by atoms with Crippen LogP contribution in [0.4, 0.5) is 0 Å². The van der Waals surface area contributed by atoms with Crippen molar-refractivity contribution < 1.29 is 9.59 Å². The van der Waals surface area contributed by atoms with E-state index < -0.39 is 6.04 Å². The molecule has 0 aromatic heterocycles. The van der Waals surface area contributed by atoms with Gasteiger partial charge in [-0.1, -0.05) is 20.3 Å². The second kappa shape index (κ2) is 8.81. The zero-order valence-corrected chi connectivity index (χ0v) is 15.5. The zero-order chi connectivity index (χ0) is 17.7. The van der Waals surface area contributed by atoms with Crippen molar-refractivity contribution in [2.24, 2.45) is 11.7 Å². The summed E-state index contributed by atoms with van der Waals surface area (Å²) in [4.78, 5) is 31.2. The van der Waals surface area contributed by atoms with E-state index in [1.54, 1.807) is 0 Å². The maximum atomic E-state index is 12.6. The van der Waals surface area contributed by atoms with Crippen molar-refractivity contribution in [2.45, 2.75) is 58.5 Å². The number of carbonyl (C=O) groups excluding carboxylic acids is 2. The zero-order valence-electron chi connectivity index (χ0n) is 15.5. The predicted molar refractivity (Wildman–Crippen MR) is 95.5 cm³/mol. The van der Waals surface area contributed by atoms with Gasteiger partial charge in [0.25, 0.3) is 0 Å². The summed E-state index contributed by atoms with van der Waals surface area (Å²) in [6.45, 7) is 10.7. The largest absolute Gasteiger partial charge is 0.341 e. The van der Waals surface area contributed by atoms with Crippen LogP contribution in [0.3, 0.4) is 0 Å². The fourth-order valence-corrected chi connectivity index (χ4v) is 3.57. The highest BCUT2D eigenvalue weighted by Gasteiger charge is 2.32. The van der Waals surface area contributed by atoms with E-state index in [1.165, 1.54) is 6.42 Å². The highest BCUT2D eigenvalue weighted by Crippen LogP contribution is 2.15. The summed E-state index contributed by atoms with van der Waals surface area (Å²) in [7, 11) is 0. The minimum absolute atomic E-state index is 0.0546. The minimum atomic E-state index is -0.408. The van der Waals surface area contributed by atoms with E-state index >= 15 is 0 Å². The molecule has 0 aromatic carbocycles. The Hall–Kier alpha value is -1.14. The lowest BCUT2D eigenvalue weighted by atomic mass is 9.98. The van der Waals surface area contributed by atoms with E-state index in [9.17, 15) is 9.59 Å². The Morgan fingerprint density at radius 1 is 0.875 bits per heavy atom. The first-order chi connectivity index (χ1) is 11.5. The average molecular weight is 338 g/mol. The summed E-state index contributed by atoms with van der Waals surface area (Å²) in [5.41, 5.74) is 6.08. The highest BCUT2D eigenvalue weighted by molar-refractivity contribution is 5.83. The molecule has 2 heterocycles. The Kier molecular flexibility index (Phi) is 7.04. The van der Waals surface area contributed by atoms with Crippen LogP contribution in [-0.2, 0) is 9.59 Å². The second-order valence-corrected chi connectivity index (χ2v) is 7.33. The van der Waals surface area contributed by atoms with Crippen molar-refractivity contribution in [1.29, 1.82) is 0 Å². The van der Waals surface area contributed by atoms with Gasteiger partial charge in [0.15, 0.2) is 0 Å². The standard InChI is InChI=1S/C18H34N4O2/c1-4-14(2)16(19)18(24)22-12-10-20(11-13-22)15(3)17(23)21-8-6-5-7-9-21/h14-16H,4-13,19H2,1-3H3/t14-,15+,16-/m0/s1. The lowest BCUT2D eigenvalue weighted by molar-refractivity contribution is -0.140. The van der Waals surface area contributed by atoms with Crippen molar-refractivity contribution >= 4 is 11.8 Å². The van der Waals surface area contributed by atoms with Crippen molar-refractivity contribution in [3.8, 4) is 0 Å². The molecule has 0 saturated carbocycles. The second-order valence-electron chi connectivity index (χ2n) is 7.33. The average Bonchev–Trinajstić information content (AvgIpc) is 2.65. The molecule has 2 aliphatic heterocycles. The molecule has 6 nitrogen and oxygen atoms in total. The van der Waals surface area contributed by atoms with Crippen LogP contribution in [0.5, 0.6) is 0 Å². The van der Waals surface area contributed by atoms with Crippen molar-refractivity contribution in [1.82, 2.24) is 14.7 Å². The maximum absolute atomic E-state index is 12.6. The quantitative estimate of drug-likeness (QED) is 0.809. The van der Waals surface area contributed by atoms with Crippen LogP contribution in [0.1, 0.15) is 46.5 Å². The minimum Gasteiger partial charge on any atom is -0.341 e. The maximum Gasteiger partial charge on any atom is 0.239 e. The monoisotopic (exact) mass is 338 g/mol. The Morgan fingerprint density at radius 2 is 1.42 bits per heavy atom. The van der Waals surface area contributed by atoms with Gasteiger partial charge in [-0.25, -0.2) is 0 Å². The van der Waals surface area contributed by atoms with Gasteiger partial charge in [0.1, 0.15) is 0 Å². The van der Waals surface area contributed by atoms with Crippen LogP contribution in [-0.4, -0.2) is 77.9 Å². The van der Waals surface area contributed by atoms with Crippen LogP contribution < -0.4 is 5.73 Å². The summed E-state index contributed by atoms with van der Waals surface area (Å²) >= 11 is 0. The fourth-order valence-electron chi connectivity index (χ4n) is 3.57. The van der Waals surface area contributed by atoms with Crippen LogP contribution in [0.2, 0.25) is 0 Å². The third kappa shape index (κ3) is 4.48. The number of nitrogens with two attached hydrogens (primary N) is 1. The van der Waals surface area contributed by atoms with E-state index in [-0.39, 0.29) is 23.8 Å². The van der Waals surface area contributed by atoms with Crippen molar-refractivity contribution in [3.05, 3.63) is 0 Å². The smallest absolute Gasteiger partial charge is 0.239 e. The number of hydrogen-bond donors (Lipinski definition) is 1. The van der Waals surface area contributed by atoms with Gasteiger partial charge >= 0.3 is 0 Å². The number of amides is 2. The number of piperidine rings is 1. The molecule has 3 atom stereocenters. The molecule has 24 heavy (non-hydrogen) atoms. The van der Waals surface area contributed by atoms with Crippen LogP contribution in [0.15, 0.2) is 0 Å². The van der Waals surface area contributed by atoms with Gasteiger partial charge in [0.2, 0.25) is 11.8 Å². The number of hydrogen-bond acceptors (Lipinski definition) is 4. The molecule has 138 valence electrons. The van der Waals surface area contributed by atoms with Gasteiger partial charge in [-0.2, -0.15) is 0 Å². The molecule has 0 unspecified atom stereocenters. The lowest BCUT2D eigenvalue weighted by Gasteiger charge is -2.40. The number of carbonyl (C=O) groups is 2. The third-order valence-corrected chi connectivity index (χ3v) is 5.74. The van der Waals surface area contributed by atoms with Gasteiger partial charge in [-0.15, -0.1) is 0 Å². The van der Waals surface area contributed by atoms with E-state index in [0.29, 0.717) is 13.1 Å². The lowest BCUT2D eigenvalue weighted by Crippen LogP contribution is -2.58. The number of piperazine rings is 1. The summed E-state index contributed by atoms with van der Waals surface area (Å²) in [6.07, 6.45) is 4.38. The number of rotatable bonds is 5. The number of likely N-dealkylation sites (tertiary alicyclic amines) is 1. The molecule has 0 bridgehead atoms. The number of nitrogens with zero attached hydrogens (tertiary/aromatic N) is 3. The Bertz CT molecular complexity index is 429. The predicted octanol–water partition coefficient (Wildman–Crippen LogP) is 0.905. The van der Waals surface area contributed by atoms with Gasteiger partial charge in [0.05, 0.1) is 12.1 Å². The Morgan fingerprint density at radius 3 is 1.96 bits per heavy atom. The highest BCUT2D eigenvalue weighted by atomic mass is 16.2. The fraction of sp³-hybridized carbons (Fsp3) is 0.889. The van der Waals surface area contributed by atoms with Crippen molar-refractivity contribution in [2.75, 3.05) is 39.3 Å². The van der Waals surface area contributed by atoms with E-state index in [4.69, 9.17) is 5.73 Å². The van der Waals surface area contributed by atoms with E-state index in [0.717, 1.165) is 45.4 Å². The first kappa shape index (κ1) is 19.2. The molecule has 2 saturated heterocycles. The first-order valence-electron chi connectivity index (χ1n) is 9.53. The van der Waals surface area contributed by atoms with Gasteiger partial charge < -0.3 is 15.5 Å². The third-order valence-electron chi connectivity index (χ3n) is 5.74. The normalized spacial score (nSPS) is 23.7. The Labute approximate surface area is 146 Å². The van der Waals surface area contributed by atoms with E-state index in [2.05, 4.69) is 11.8 Å². The molecule has 2 amide bonds. The SMILES string of the molecule is CC[C@H](C)[C@H](N)C(=O)N1CCN([C@H](C)C(=O)N2CCCCC2)CC1. The molecule has 0 aromatic rings. The molecule has 2 fully saturated rings. The summed E-state index contributed by atoms with van der Waals surface area (Å²) in [5, 5.41) is 0. The summed E-state index contributed by atoms with van der Waals surface area (Å²) in [5.74, 6) is 0.500. The van der Waals surface area contributed by atoms with Crippen molar-refractivity contribution in [3.63, 3.8) is 0 Å². The summed E-state index contributed by atoms with van der Waals surface area (Å²) in [6, 6.07) is -0.502. The summed E-state index contributed by atoms with van der Waals surface area (Å²) < 4.78 is 0. The Balaban J connectivity index is 1.83. The topological polar surface area (TPSA) is 69.9 Å². The molecule has 6 heteroatoms. The molecular weight excluding hydrogens is 304 g/mol. The van der Waals surface area contributed by atoms with E-state index in [1.807, 2.05) is 23.6 Å². The van der Waals surface area contributed by atoms with Crippen LogP contribution >= 0.6 is 0 Å². The van der Waals surface area contributed by atoms with Gasteiger partial charge in [-0.05, 0) is 32.1 Å². The molecule has 0 spiro atoms. The molecule has 0 radical (unpaired) electrons. The molecule has 2 rings (SSSR count). The molecular formula is C18H34N4O2. The van der Waals surface area contributed by atoms with Gasteiger partial charge in [0, 0.05) is 39.3 Å². The van der Waals surface area contributed by atoms with Gasteiger partial charge in [-0.3, -0.25) is 14.5 Å². The van der Waals surface area contributed by atoms with Crippen LogP contribution in [0.25, 0.3) is 0 Å².